The molecule has 1 aliphatic heterocycles. The number of nitrogens with zero attached hydrogens (tertiary/aromatic N) is 5. The van der Waals surface area contributed by atoms with E-state index < -0.39 is 71.1 Å². The number of aromatic nitrogens is 5. The lowest BCUT2D eigenvalue weighted by Gasteiger charge is -2.42. The molecule has 16 heteroatoms. The Labute approximate surface area is 244 Å². The highest BCUT2D eigenvalue weighted by atomic mass is 35.5. The van der Waals surface area contributed by atoms with Gasteiger partial charge in [-0.2, -0.15) is 23.4 Å². The summed E-state index contributed by atoms with van der Waals surface area (Å²) in [6, 6.07) is 3.49. The van der Waals surface area contributed by atoms with Crippen LogP contribution in [0.2, 0.25) is 10.0 Å². The minimum absolute atomic E-state index is 0.0288. The van der Waals surface area contributed by atoms with Crippen molar-refractivity contribution < 1.29 is 42.0 Å². The average Bonchev–Trinajstić information content (AvgIpc) is 3.48. The molecule has 0 radical (unpaired) electrons. The van der Waals surface area contributed by atoms with Crippen molar-refractivity contribution in [3.8, 4) is 16.8 Å². The monoisotopic (exact) mass is 633 g/mol. The molecule has 3 N–H and O–H groups in total. The van der Waals surface area contributed by atoms with Crippen molar-refractivity contribution in [1.29, 1.82) is 0 Å². The van der Waals surface area contributed by atoms with Gasteiger partial charge in [-0.1, -0.05) is 23.2 Å². The fourth-order valence-corrected chi connectivity index (χ4v) is 5.24. The Morgan fingerprint density at radius 1 is 1.00 bits per heavy atom. The molecule has 1 saturated heterocycles. The minimum atomic E-state index is -4.81. The summed E-state index contributed by atoms with van der Waals surface area (Å²) in [6.45, 7) is 2.18. The van der Waals surface area contributed by atoms with Crippen LogP contribution in [0.15, 0.2) is 36.5 Å². The van der Waals surface area contributed by atoms with E-state index in [0.29, 0.717) is 0 Å². The third-order valence-electron chi connectivity index (χ3n) is 6.90. The number of rotatable bonds is 5. The number of aliphatic hydroxyl groups is 3. The highest BCUT2D eigenvalue weighted by Gasteiger charge is 2.49. The normalized spacial score (nSPS) is 23.0. The second kappa shape index (κ2) is 11.2. The summed E-state index contributed by atoms with van der Waals surface area (Å²) in [5.41, 5.74) is -1.02. The van der Waals surface area contributed by atoms with Crippen molar-refractivity contribution in [1.82, 2.24) is 24.5 Å². The van der Waals surface area contributed by atoms with Gasteiger partial charge in [0, 0.05) is 16.8 Å². The van der Waals surface area contributed by atoms with Gasteiger partial charge in [0.2, 0.25) is 0 Å². The SMILES string of the molecule is Cc1nc([C@@H]2OC(CO)[C@H](O)[C@H](n3cc(-c4cc(F)c(Cl)c(F)c4)c(C)n3)C2O)n(-c2cc(Cl)ccc2C(F)(F)F)n1. The first kappa shape index (κ1) is 30.3. The lowest BCUT2D eigenvalue weighted by atomic mass is 9.92. The van der Waals surface area contributed by atoms with E-state index in [0.717, 1.165) is 39.7 Å². The summed E-state index contributed by atoms with van der Waals surface area (Å²) < 4.78 is 77.8. The molecule has 2 aromatic carbocycles. The molecule has 0 bridgehead atoms. The quantitative estimate of drug-likeness (QED) is 0.214. The van der Waals surface area contributed by atoms with Gasteiger partial charge >= 0.3 is 6.18 Å². The molecule has 3 heterocycles. The molecule has 9 nitrogen and oxygen atoms in total. The Hall–Kier alpha value is -3.14. The Bertz CT molecular complexity index is 1620. The lowest BCUT2D eigenvalue weighted by molar-refractivity contribution is -0.210. The standard InChI is InChI=1S/C26H22Cl2F5N5O4/c1-10-14(12-5-16(29)20(28)17(30)6-12)8-37(35-10)21-22(40)19(9-39)42-24(23(21)41)25-34-11(2)36-38(25)18-7-13(27)3-4-15(18)26(31,32)33/h3-8,19,21-24,39-41H,9H2,1-2H3/t19?,21-,22-,23?,24+/m0/s1. The van der Waals surface area contributed by atoms with Crippen molar-refractivity contribution in [2.24, 2.45) is 0 Å². The van der Waals surface area contributed by atoms with E-state index >= 15 is 0 Å². The predicted octanol–water partition coefficient (Wildman–Crippen LogP) is 4.75. The maximum atomic E-state index is 14.2. The van der Waals surface area contributed by atoms with Crippen molar-refractivity contribution >= 4 is 23.2 Å². The Morgan fingerprint density at radius 2 is 1.67 bits per heavy atom. The lowest BCUT2D eigenvalue weighted by Crippen LogP contribution is -2.53. The van der Waals surface area contributed by atoms with Crippen molar-refractivity contribution in [2.75, 3.05) is 6.61 Å². The number of aliphatic hydroxyl groups excluding tert-OH is 3. The molecule has 2 unspecified atom stereocenters. The fraction of sp³-hybridized carbons (Fsp3) is 0.346. The molecular formula is C26H22Cl2F5N5O4. The molecule has 42 heavy (non-hydrogen) atoms. The largest absolute Gasteiger partial charge is 0.418 e. The first-order valence-corrected chi connectivity index (χ1v) is 13.1. The molecule has 0 spiro atoms. The number of hydrogen-bond donors (Lipinski definition) is 3. The Kier molecular flexibility index (Phi) is 8.06. The van der Waals surface area contributed by atoms with Gasteiger partial charge in [0.25, 0.3) is 0 Å². The third-order valence-corrected chi connectivity index (χ3v) is 7.49. The van der Waals surface area contributed by atoms with E-state index in [1.54, 1.807) is 0 Å². The summed E-state index contributed by atoms with van der Waals surface area (Å²) >= 11 is 11.6. The number of aryl methyl sites for hydroxylation is 2. The highest BCUT2D eigenvalue weighted by molar-refractivity contribution is 6.31. The van der Waals surface area contributed by atoms with Crippen LogP contribution in [0.1, 0.15) is 35.1 Å². The fourth-order valence-electron chi connectivity index (χ4n) is 4.97. The van der Waals surface area contributed by atoms with Crippen molar-refractivity contribution in [2.45, 2.75) is 50.5 Å². The number of benzene rings is 2. The maximum Gasteiger partial charge on any atom is 0.418 e. The van der Waals surface area contributed by atoms with E-state index in [4.69, 9.17) is 27.9 Å². The van der Waals surface area contributed by atoms with Crippen LogP contribution in [0.4, 0.5) is 22.0 Å². The van der Waals surface area contributed by atoms with E-state index in [1.807, 2.05) is 0 Å². The zero-order valence-corrected chi connectivity index (χ0v) is 23.2. The number of ether oxygens (including phenoxy) is 1. The molecule has 0 amide bonds. The van der Waals surface area contributed by atoms with Gasteiger partial charge < -0.3 is 20.1 Å². The first-order chi connectivity index (χ1) is 19.7. The summed E-state index contributed by atoms with van der Waals surface area (Å²) in [5.74, 6) is -2.27. The number of halogens is 7. The Balaban J connectivity index is 1.61. The van der Waals surface area contributed by atoms with Gasteiger partial charge in [-0.15, -0.1) is 0 Å². The average molecular weight is 634 g/mol. The van der Waals surface area contributed by atoms with Crippen molar-refractivity contribution in [3.63, 3.8) is 0 Å². The van der Waals surface area contributed by atoms with E-state index in [9.17, 15) is 37.3 Å². The minimum Gasteiger partial charge on any atom is -0.394 e. The third kappa shape index (κ3) is 5.38. The Morgan fingerprint density at radius 3 is 2.29 bits per heavy atom. The van der Waals surface area contributed by atoms with Crippen LogP contribution in [-0.2, 0) is 10.9 Å². The second-order valence-electron chi connectivity index (χ2n) is 9.70. The van der Waals surface area contributed by atoms with Gasteiger partial charge in [-0.3, -0.25) is 4.68 Å². The van der Waals surface area contributed by atoms with E-state index in [1.165, 1.54) is 20.0 Å². The van der Waals surface area contributed by atoms with Crippen LogP contribution in [0.5, 0.6) is 0 Å². The number of hydrogen-bond acceptors (Lipinski definition) is 7. The zero-order chi connectivity index (χ0) is 30.7. The number of alkyl halides is 3. The van der Waals surface area contributed by atoms with Crippen LogP contribution in [-0.4, -0.2) is 64.8 Å². The zero-order valence-electron chi connectivity index (χ0n) is 21.7. The van der Waals surface area contributed by atoms with Gasteiger partial charge in [-0.25, -0.2) is 18.4 Å². The molecule has 0 saturated carbocycles. The van der Waals surface area contributed by atoms with E-state index in [-0.39, 0.29) is 33.5 Å². The summed E-state index contributed by atoms with van der Waals surface area (Å²) in [4.78, 5) is 4.20. The van der Waals surface area contributed by atoms with Gasteiger partial charge in [0.05, 0.1) is 23.6 Å². The van der Waals surface area contributed by atoms with Crippen LogP contribution < -0.4 is 0 Å². The van der Waals surface area contributed by atoms with E-state index in [2.05, 4.69) is 15.2 Å². The maximum absolute atomic E-state index is 14.2. The molecule has 224 valence electrons. The molecular weight excluding hydrogens is 612 g/mol. The van der Waals surface area contributed by atoms with Crippen molar-refractivity contribution in [3.05, 3.63) is 81.1 Å². The second-order valence-corrected chi connectivity index (χ2v) is 10.5. The molecule has 4 aromatic rings. The summed E-state index contributed by atoms with van der Waals surface area (Å²) in [5, 5.41) is 40.2. The molecule has 5 atom stereocenters. The van der Waals surface area contributed by atoms with Gasteiger partial charge in [0.15, 0.2) is 5.82 Å². The molecule has 5 rings (SSSR count). The van der Waals surface area contributed by atoms with Crippen LogP contribution in [0.25, 0.3) is 16.8 Å². The molecule has 1 fully saturated rings. The van der Waals surface area contributed by atoms with Gasteiger partial charge in [-0.05, 0) is 49.7 Å². The topological polar surface area (TPSA) is 118 Å². The molecule has 1 aliphatic rings. The predicted molar refractivity (Wildman–Crippen MR) is 139 cm³/mol. The van der Waals surface area contributed by atoms with Crippen LogP contribution in [0, 0.1) is 25.5 Å². The van der Waals surface area contributed by atoms with Gasteiger partial charge in [0.1, 0.15) is 52.9 Å². The molecule has 2 aromatic heterocycles. The summed E-state index contributed by atoms with van der Waals surface area (Å²) in [7, 11) is 0. The van der Waals surface area contributed by atoms with Crippen LogP contribution in [0.3, 0.4) is 0 Å². The van der Waals surface area contributed by atoms with Crippen LogP contribution >= 0.6 is 23.2 Å². The molecule has 0 aliphatic carbocycles. The first-order valence-electron chi connectivity index (χ1n) is 12.3. The smallest absolute Gasteiger partial charge is 0.394 e. The summed E-state index contributed by atoms with van der Waals surface area (Å²) in [6.07, 6.45) is -9.67. The highest BCUT2D eigenvalue weighted by Crippen LogP contribution is 2.41.